The highest BCUT2D eigenvalue weighted by atomic mass is 32.2. The smallest absolute Gasteiger partial charge is 0.318 e. The fourth-order valence-corrected chi connectivity index (χ4v) is 3.68. The molecule has 1 aromatic carbocycles. The molecule has 5 nitrogen and oxygen atoms in total. The number of carbonyl (C=O) groups excluding carboxylic acids is 1. The molecule has 24 heavy (non-hydrogen) atoms. The zero-order chi connectivity index (χ0) is 17.7. The van der Waals surface area contributed by atoms with Crippen LogP contribution in [-0.2, 0) is 10.8 Å². The molecule has 1 aliphatic heterocycles. The van der Waals surface area contributed by atoms with Crippen molar-refractivity contribution in [1.82, 2.24) is 15.1 Å². The standard InChI is InChI=1S/C18H29N3O2S/c1-18(2,3)24(23)13-10-19-17(22)21-12-11-20(4)14-16(21)15-8-6-5-7-9-15/h5-9,16H,10-14H2,1-4H3,(H,19,22). The zero-order valence-corrected chi connectivity index (χ0v) is 15.9. The van der Waals surface area contributed by atoms with Crippen LogP contribution in [0.25, 0.3) is 0 Å². The van der Waals surface area contributed by atoms with Gasteiger partial charge in [0.05, 0.1) is 6.04 Å². The molecule has 134 valence electrons. The number of hydrogen-bond donors (Lipinski definition) is 1. The predicted molar refractivity (Wildman–Crippen MR) is 99.5 cm³/mol. The molecule has 2 atom stereocenters. The Hall–Kier alpha value is -1.40. The number of benzene rings is 1. The zero-order valence-electron chi connectivity index (χ0n) is 15.1. The summed E-state index contributed by atoms with van der Waals surface area (Å²) in [5, 5.41) is 2.95. The van der Waals surface area contributed by atoms with Crippen molar-refractivity contribution < 1.29 is 9.00 Å². The van der Waals surface area contributed by atoms with Crippen molar-refractivity contribution in [3.63, 3.8) is 0 Å². The first-order valence-corrected chi connectivity index (χ1v) is 9.77. The van der Waals surface area contributed by atoms with E-state index in [0.717, 1.165) is 18.7 Å². The van der Waals surface area contributed by atoms with E-state index in [0.29, 0.717) is 18.8 Å². The maximum absolute atomic E-state index is 12.6. The van der Waals surface area contributed by atoms with Crippen molar-refractivity contribution >= 4 is 16.8 Å². The van der Waals surface area contributed by atoms with Gasteiger partial charge in [-0.1, -0.05) is 30.3 Å². The van der Waals surface area contributed by atoms with Gasteiger partial charge in [-0.05, 0) is 33.4 Å². The first-order chi connectivity index (χ1) is 11.3. The van der Waals surface area contributed by atoms with Crippen LogP contribution in [0.15, 0.2) is 30.3 Å². The third kappa shape index (κ3) is 5.05. The molecule has 1 aromatic rings. The fraction of sp³-hybridized carbons (Fsp3) is 0.611. The summed E-state index contributed by atoms with van der Waals surface area (Å²) in [6.45, 7) is 8.70. The van der Waals surface area contributed by atoms with Crippen molar-refractivity contribution in [1.29, 1.82) is 0 Å². The Morgan fingerprint density at radius 2 is 1.92 bits per heavy atom. The fourth-order valence-electron chi connectivity index (χ4n) is 2.78. The van der Waals surface area contributed by atoms with Gasteiger partial charge >= 0.3 is 6.03 Å². The van der Waals surface area contributed by atoms with Crippen LogP contribution in [0.1, 0.15) is 32.4 Å². The summed E-state index contributed by atoms with van der Waals surface area (Å²) >= 11 is 0. The summed E-state index contributed by atoms with van der Waals surface area (Å²) in [7, 11) is 1.13. The Kier molecular flexibility index (Phi) is 6.40. The quantitative estimate of drug-likeness (QED) is 0.905. The van der Waals surface area contributed by atoms with E-state index < -0.39 is 10.8 Å². The number of hydrogen-bond acceptors (Lipinski definition) is 3. The number of likely N-dealkylation sites (N-methyl/N-ethyl adjacent to an activating group) is 1. The van der Waals surface area contributed by atoms with Gasteiger partial charge < -0.3 is 15.1 Å². The number of carbonyl (C=O) groups is 1. The highest BCUT2D eigenvalue weighted by Crippen LogP contribution is 2.24. The highest BCUT2D eigenvalue weighted by molar-refractivity contribution is 7.86. The molecule has 0 radical (unpaired) electrons. The van der Waals surface area contributed by atoms with Crippen LogP contribution in [0.5, 0.6) is 0 Å². The van der Waals surface area contributed by atoms with Gasteiger partial charge in [0.1, 0.15) is 0 Å². The van der Waals surface area contributed by atoms with E-state index in [2.05, 4.69) is 29.4 Å². The van der Waals surface area contributed by atoms with Gasteiger partial charge in [0.25, 0.3) is 0 Å². The van der Waals surface area contributed by atoms with Crippen LogP contribution in [0.4, 0.5) is 4.79 Å². The van der Waals surface area contributed by atoms with E-state index in [4.69, 9.17) is 0 Å². The van der Waals surface area contributed by atoms with Crippen LogP contribution in [0.2, 0.25) is 0 Å². The minimum Gasteiger partial charge on any atom is -0.337 e. The average Bonchev–Trinajstić information content (AvgIpc) is 2.54. The Labute approximate surface area is 147 Å². The number of amides is 2. The van der Waals surface area contributed by atoms with Crippen molar-refractivity contribution in [2.24, 2.45) is 0 Å². The Morgan fingerprint density at radius 1 is 1.25 bits per heavy atom. The molecular weight excluding hydrogens is 322 g/mol. The molecule has 1 heterocycles. The molecule has 0 bridgehead atoms. The van der Waals surface area contributed by atoms with Crippen LogP contribution in [0, 0.1) is 0 Å². The Bertz CT molecular complexity index is 571. The van der Waals surface area contributed by atoms with E-state index in [-0.39, 0.29) is 16.8 Å². The normalized spacial score (nSPS) is 20.7. The van der Waals surface area contributed by atoms with Gasteiger partial charge in [-0.25, -0.2) is 4.79 Å². The maximum Gasteiger partial charge on any atom is 0.318 e. The molecule has 0 spiro atoms. The molecule has 0 aromatic heterocycles. The molecule has 1 saturated heterocycles. The second-order valence-electron chi connectivity index (χ2n) is 7.28. The summed E-state index contributed by atoms with van der Waals surface area (Å²) in [5.41, 5.74) is 1.15. The van der Waals surface area contributed by atoms with Crippen molar-refractivity contribution in [2.75, 3.05) is 39.0 Å². The molecule has 0 aliphatic carbocycles. The molecular formula is C18H29N3O2S. The van der Waals surface area contributed by atoms with E-state index in [1.54, 1.807) is 0 Å². The second-order valence-corrected chi connectivity index (χ2v) is 9.60. The molecule has 1 fully saturated rings. The lowest BCUT2D eigenvalue weighted by molar-refractivity contribution is 0.109. The van der Waals surface area contributed by atoms with Crippen LogP contribution < -0.4 is 5.32 Å². The lowest BCUT2D eigenvalue weighted by Crippen LogP contribution is -2.52. The van der Waals surface area contributed by atoms with Crippen molar-refractivity contribution in [3.8, 4) is 0 Å². The van der Waals surface area contributed by atoms with E-state index in [1.807, 2.05) is 43.9 Å². The molecule has 6 heteroatoms. The van der Waals surface area contributed by atoms with E-state index >= 15 is 0 Å². The minimum absolute atomic E-state index is 0.0538. The molecule has 2 unspecified atom stereocenters. The van der Waals surface area contributed by atoms with Crippen LogP contribution in [-0.4, -0.2) is 63.8 Å². The first-order valence-electron chi connectivity index (χ1n) is 8.45. The lowest BCUT2D eigenvalue weighted by Gasteiger charge is -2.40. The van der Waals surface area contributed by atoms with E-state index in [9.17, 15) is 9.00 Å². The van der Waals surface area contributed by atoms with Gasteiger partial charge in [-0.3, -0.25) is 4.21 Å². The van der Waals surface area contributed by atoms with Gasteiger partial charge in [-0.15, -0.1) is 0 Å². The highest BCUT2D eigenvalue weighted by Gasteiger charge is 2.30. The predicted octanol–water partition coefficient (Wildman–Crippen LogP) is 2.23. The van der Waals surface area contributed by atoms with Crippen molar-refractivity contribution in [2.45, 2.75) is 31.6 Å². The lowest BCUT2D eigenvalue weighted by atomic mass is 10.0. The van der Waals surface area contributed by atoms with Crippen LogP contribution in [0.3, 0.4) is 0 Å². The van der Waals surface area contributed by atoms with E-state index in [1.165, 1.54) is 0 Å². The number of piperazine rings is 1. The summed E-state index contributed by atoms with van der Waals surface area (Å²) in [6, 6.07) is 10.1. The summed E-state index contributed by atoms with van der Waals surface area (Å²) in [5.74, 6) is 0.485. The molecule has 2 rings (SSSR count). The largest absolute Gasteiger partial charge is 0.337 e. The van der Waals surface area contributed by atoms with Gasteiger partial charge in [0, 0.05) is 47.5 Å². The topological polar surface area (TPSA) is 52.6 Å². The van der Waals surface area contributed by atoms with Gasteiger partial charge in [0.15, 0.2) is 0 Å². The Balaban J connectivity index is 1.97. The van der Waals surface area contributed by atoms with Gasteiger partial charge in [-0.2, -0.15) is 0 Å². The monoisotopic (exact) mass is 351 g/mol. The minimum atomic E-state index is -0.951. The van der Waals surface area contributed by atoms with Gasteiger partial charge in [0.2, 0.25) is 0 Å². The third-order valence-electron chi connectivity index (χ3n) is 4.28. The summed E-state index contributed by atoms with van der Waals surface area (Å²) in [6.07, 6.45) is 0. The maximum atomic E-state index is 12.6. The molecule has 1 aliphatic rings. The number of urea groups is 1. The van der Waals surface area contributed by atoms with Crippen LogP contribution >= 0.6 is 0 Å². The summed E-state index contributed by atoms with van der Waals surface area (Å²) < 4.78 is 11.8. The number of nitrogens with one attached hydrogen (secondary N) is 1. The molecule has 2 amide bonds. The first kappa shape index (κ1) is 18.9. The second kappa shape index (κ2) is 8.12. The summed E-state index contributed by atoms with van der Waals surface area (Å²) in [4.78, 5) is 16.8. The van der Waals surface area contributed by atoms with Crippen molar-refractivity contribution in [3.05, 3.63) is 35.9 Å². The SMILES string of the molecule is CN1CCN(C(=O)NCCS(=O)C(C)(C)C)C(c2ccccc2)C1. The Morgan fingerprint density at radius 3 is 2.54 bits per heavy atom. The average molecular weight is 352 g/mol. The molecule has 1 N–H and O–H groups in total. The number of nitrogens with zero attached hydrogens (tertiary/aromatic N) is 2. The molecule has 0 saturated carbocycles. The number of rotatable bonds is 4. The third-order valence-corrected chi connectivity index (χ3v) is 6.22.